The fraction of sp³-hybridized carbons (Fsp3) is 0.0769. The van der Waals surface area contributed by atoms with E-state index in [4.69, 9.17) is 4.74 Å². The van der Waals surface area contributed by atoms with E-state index in [-0.39, 0.29) is 17.2 Å². The Bertz CT molecular complexity index is 615. The van der Waals surface area contributed by atoms with E-state index < -0.39 is 4.92 Å². The Balaban J connectivity index is 2.42. The SMILES string of the molecule is COc1cccc(Sc2cccc(O)c2)c1[N+](=O)[O-]. The van der Waals surface area contributed by atoms with Gasteiger partial charge in [0.05, 0.1) is 16.9 Å². The van der Waals surface area contributed by atoms with Gasteiger partial charge in [-0.05, 0) is 30.3 Å². The standard InChI is InChI=1S/C13H11NO4S/c1-18-11-6-3-7-12(13(11)14(16)17)19-10-5-2-4-9(15)8-10/h2-8,15H,1H3. The van der Waals surface area contributed by atoms with Gasteiger partial charge in [-0.2, -0.15) is 0 Å². The van der Waals surface area contributed by atoms with Crippen molar-refractivity contribution in [1.29, 1.82) is 0 Å². The van der Waals surface area contributed by atoms with E-state index in [1.165, 1.54) is 18.9 Å². The summed E-state index contributed by atoms with van der Waals surface area (Å²) in [7, 11) is 1.39. The minimum Gasteiger partial charge on any atom is -0.508 e. The summed E-state index contributed by atoms with van der Waals surface area (Å²) in [5, 5.41) is 20.5. The van der Waals surface area contributed by atoms with E-state index in [0.717, 1.165) is 4.90 Å². The first-order valence-corrected chi connectivity index (χ1v) is 6.21. The average Bonchev–Trinajstić information content (AvgIpc) is 2.38. The molecule has 0 spiro atoms. The molecule has 0 aliphatic carbocycles. The Labute approximate surface area is 114 Å². The minimum atomic E-state index is -0.468. The highest BCUT2D eigenvalue weighted by molar-refractivity contribution is 7.99. The van der Waals surface area contributed by atoms with Crippen LogP contribution in [0.5, 0.6) is 11.5 Å². The first-order chi connectivity index (χ1) is 9.11. The van der Waals surface area contributed by atoms with Gasteiger partial charge in [-0.25, -0.2) is 0 Å². The highest BCUT2D eigenvalue weighted by Gasteiger charge is 2.21. The monoisotopic (exact) mass is 277 g/mol. The highest BCUT2D eigenvalue weighted by Crippen LogP contribution is 2.40. The molecule has 0 atom stereocenters. The number of nitro groups is 1. The maximum Gasteiger partial charge on any atom is 0.324 e. The van der Waals surface area contributed by atoms with Gasteiger partial charge in [-0.15, -0.1) is 0 Å². The van der Waals surface area contributed by atoms with Gasteiger partial charge in [-0.1, -0.05) is 23.9 Å². The molecule has 0 aliphatic heterocycles. The van der Waals surface area contributed by atoms with E-state index >= 15 is 0 Å². The molecule has 0 aromatic heterocycles. The molecule has 0 fully saturated rings. The van der Waals surface area contributed by atoms with Crippen LogP contribution in [0.4, 0.5) is 5.69 Å². The molecule has 0 unspecified atom stereocenters. The number of methoxy groups -OCH3 is 1. The summed E-state index contributed by atoms with van der Waals surface area (Å²) in [6.45, 7) is 0. The number of ether oxygens (including phenoxy) is 1. The lowest BCUT2D eigenvalue weighted by atomic mass is 10.3. The first kappa shape index (κ1) is 13.2. The maximum absolute atomic E-state index is 11.1. The zero-order chi connectivity index (χ0) is 13.8. The molecule has 6 heteroatoms. The summed E-state index contributed by atoms with van der Waals surface area (Å²) in [5.41, 5.74) is -0.0710. The second kappa shape index (κ2) is 5.62. The molecule has 5 nitrogen and oxygen atoms in total. The fourth-order valence-corrected chi connectivity index (χ4v) is 2.60. The molecule has 0 saturated carbocycles. The third kappa shape index (κ3) is 2.97. The molecule has 2 aromatic carbocycles. The highest BCUT2D eigenvalue weighted by atomic mass is 32.2. The number of hydrogen-bond acceptors (Lipinski definition) is 5. The van der Waals surface area contributed by atoms with Crippen molar-refractivity contribution in [2.75, 3.05) is 7.11 Å². The van der Waals surface area contributed by atoms with Crippen molar-refractivity contribution in [2.24, 2.45) is 0 Å². The normalized spacial score (nSPS) is 10.2. The van der Waals surface area contributed by atoms with Gasteiger partial charge < -0.3 is 9.84 Å². The summed E-state index contributed by atoms with van der Waals surface area (Å²) in [6.07, 6.45) is 0. The number of benzene rings is 2. The minimum absolute atomic E-state index is 0.0710. The van der Waals surface area contributed by atoms with Crippen molar-refractivity contribution >= 4 is 17.4 Å². The number of rotatable bonds is 4. The summed E-state index contributed by atoms with van der Waals surface area (Å²) >= 11 is 1.20. The van der Waals surface area contributed by atoms with Crippen molar-refractivity contribution in [2.45, 2.75) is 9.79 Å². The van der Waals surface area contributed by atoms with Crippen LogP contribution < -0.4 is 4.74 Å². The lowest BCUT2D eigenvalue weighted by molar-refractivity contribution is -0.388. The van der Waals surface area contributed by atoms with Crippen molar-refractivity contribution in [3.63, 3.8) is 0 Å². The van der Waals surface area contributed by atoms with Crippen LogP contribution in [-0.2, 0) is 0 Å². The van der Waals surface area contributed by atoms with E-state index in [2.05, 4.69) is 0 Å². The maximum atomic E-state index is 11.1. The third-order valence-electron chi connectivity index (χ3n) is 2.41. The van der Waals surface area contributed by atoms with Gasteiger partial charge in [0.1, 0.15) is 5.75 Å². The Hall–Kier alpha value is -2.21. The zero-order valence-electron chi connectivity index (χ0n) is 10.1. The molecule has 0 aliphatic rings. The predicted molar refractivity (Wildman–Crippen MR) is 71.9 cm³/mol. The first-order valence-electron chi connectivity index (χ1n) is 5.40. The predicted octanol–water partition coefficient (Wildman–Crippen LogP) is 3.46. The Kier molecular flexibility index (Phi) is 3.91. The summed E-state index contributed by atoms with van der Waals surface area (Å²) < 4.78 is 5.00. The van der Waals surface area contributed by atoms with Crippen LogP contribution >= 0.6 is 11.8 Å². The van der Waals surface area contributed by atoms with Crippen molar-refractivity contribution in [3.05, 3.63) is 52.6 Å². The van der Waals surface area contributed by atoms with Crippen LogP contribution in [0.2, 0.25) is 0 Å². The van der Waals surface area contributed by atoms with Crippen LogP contribution in [0.25, 0.3) is 0 Å². The molecule has 0 amide bonds. The van der Waals surface area contributed by atoms with Crippen LogP contribution in [-0.4, -0.2) is 17.1 Å². The largest absolute Gasteiger partial charge is 0.508 e. The lowest BCUT2D eigenvalue weighted by Crippen LogP contribution is -1.95. The second-order valence-corrected chi connectivity index (χ2v) is 4.78. The molecule has 2 aromatic rings. The number of phenols is 1. The zero-order valence-corrected chi connectivity index (χ0v) is 10.9. The molecule has 0 heterocycles. The second-order valence-electron chi connectivity index (χ2n) is 3.66. The Morgan fingerprint density at radius 3 is 2.63 bits per heavy atom. The molecule has 2 rings (SSSR count). The number of para-hydroxylation sites is 1. The molecule has 0 bridgehead atoms. The van der Waals surface area contributed by atoms with E-state index in [1.54, 1.807) is 42.5 Å². The molecule has 98 valence electrons. The van der Waals surface area contributed by atoms with Gasteiger partial charge in [0.15, 0.2) is 5.75 Å². The topological polar surface area (TPSA) is 72.6 Å². The molecular weight excluding hydrogens is 266 g/mol. The molecule has 1 N–H and O–H groups in total. The molecule has 0 saturated heterocycles. The van der Waals surface area contributed by atoms with Gasteiger partial charge >= 0.3 is 5.69 Å². The molecular formula is C13H11NO4S. The van der Waals surface area contributed by atoms with Crippen LogP contribution in [0.15, 0.2) is 52.3 Å². The smallest absolute Gasteiger partial charge is 0.324 e. The van der Waals surface area contributed by atoms with E-state index in [9.17, 15) is 15.2 Å². The average molecular weight is 277 g/mol. The van der Waals surface area contributed by atoms with Gasteiger partial charge in [0, 0.05) is 4.90 Å². The molecule has 19 heavy (non-hydrogen) atoms. The van der Waals surface area contributed by atoms with Gasteiger partial charge in [-0.3, -0.25) is 10.1 Å². The number of aromatic hydroxyl groups is 1. The van der Waals surface area contributed by atoms with Crippen molar-refractivity contribution in [1.82, 2.24) is 0 Å². The van der Waals surface area contributed by atoms with E-state index in [1.807, 2.05) is 0 Å². The summed E-state index contributed by atoms with van der Waals surface area (Å²) in [6, 6.07) is 11.4. The number of nitrogens with zero attached hydrogens (tertiary/aromatic N) is 1. The fourth-order valence-electron chi connectivity index (χ4n) is 1.60. The quantitative estimate of drug-likeness (QED) is 0.684. The van der Waals surface area contributed by atoms with Gasteiger partial charge in [0.25, 0.3) is 0 Å². The number of nitro benzene ring substituents is 1. The third-order valence-corrected chi connectivity index (χ3v) is 3.45. The van der Waals surface area contributed by atoms with E-state index in [0.29, 0.717) is 4.90 Å². The lowest BCUT2D eigenvalue weighted by Gasteiger charge is -2.06. The summed E-state index contributed by atoms with van der Waals surface area (Å²) in [4.78, 5) is 11.8. The summed E-state index contributed by atoms with van der Waals surface area (Å²) in [5.74, 6) is 0.339. The van der Waals surface area contributed by atoms with Gasteiger partial charge in [0.2, 0.25) is 0 Å². The number of phenolic OH excluding ortho intramolecular Hbond substituents is 1. The van der Waals surface area contributed by atoms with Crippen LogP contribution in [0.1, 0.15) is 0 Å². The van der Waals surface area contributed by atoms with Crippen molar-refractivity contribution < 1.29 is 14.8 Å². The molecule has 0 radical (unpaired) electrons. The van der Waals surface area contributed by atoms with Crippen LogP contribution in [0, 0.1) is 10.1 Å². The Morgan fingerprint density at radius 1 is 1.26 bits per heavy atom. The van der Waals surface area contributed by atoms with Crippen LogP contribution in [0.3, 0.4) is 0 Å². The number of hydrogen-bond donors (Lipinski definition) is 1. The van der Waals surface area contributed by atoms with Crippen molar-refractivity contribution in [3.8, 4) is 11.5 Å². The Morgan fingerprint density at radius 2 is 2.00 bits per heavy atom.